The lowest BCUT2D eigenvalue weighted by molar-refractivity contribution is 1.02. The van der Waals surface area contributed by atoms with Crippen LogP contribution >= 0.6 is 39.1 Å². The molecule has 1 heterocycles. The third kappa shape index (κ3) is 4.84. The van der Waals surface area contributed by atoms with E-state index in [4.69, 9.17) is 28.2 Å². The maximum atomic E-state index is 6.24. The molecule has 1 aromatic heterocycles. The van der Waals surface area contributed by atoms with Crippen LogP contribution in [-0.2, 0) is 6.42 Å². The van der Waals surface area contributed by atoms with Crippen molar-refractivity contribution in [3.63, 3.8) is 0 Å². The van der Waals surface area contributed by atoms with Crippen LogP contribution in [0.3, 0.4) is 0 Å². The van der Waals surface area contributed by atoms with Crippen molar-refractivity contribution in [2.75, 3.05) is 0 Å². The Balaban J connectivity index is 2.28. The van der Waals surface area contributed by atoms with Crippen LogP contribution in [0.5, 0.6) is 0 Å². The summed E-state index contributed by atoms with van der Waals surface area (Å²) in [5.74, 6) is 0.868. The van der Waals surface area contributed by atoms with Crippen molar-refractivity contribution in [1.82, 2.24) is 9.97 Å². The number of aromatic nitrogens is 2. The summed E-state index contributed by atoms with van der Waals surface area (Å²) in [7, 11) is 0. The molecule has 2 rings (SSSR count). The zero-order chi connectivity index (χ0) is 17.0. The van der Waals surface area contributed by atoms with Crippen LogP contribution in [0.25, 0.3) is 5.57 Å². The fourth-order valence-corrected chi connectivity index (χ4v) is 2.83. The summed E-state index contributed by atoms with van der Waals surface area (Å²) >= 11 is 15.5. The van der Waals surface area contributed by atoms with Crippen molar-refractivity contribution in [3.8, 4) is 0 Å². The molecule has 0 aliphatic heterocycles. The molecule has 0 bridgehead atoms. The fourth-order valence-electron chi connectivity index (χ4n) is 2.22. The number of rotatable bonds is 5. The predicted molar refractivity (Wildman–Crippen MR) is 103 cm³/mol. The first-order valence-corrected chi connectivity index (χ1v) is 8.64. The van der Waals surface area contributed by atoms with Crippen LogP contribution in [0.15, 0.2) is 47.5 Å². The van der Waals surface area contributed by atoms with Gasteiger partial charge in [0.15, 0.2) is 0 Å². The van der Waals surface area contributed by atoms with Crippen LogP contribution in [0.4, 0.5) is 0 Å². The molecule has 0 amide bonds. The zero-order valence-electron chi connectivity index (χ0n) is 13.0. The number of H-pyrrole nitrogens is 1. The highest BCUT2D eigenvalue weighted by Gasteiger charge is 2.11. The van der Waals surface area contributed by atoms with Crippen LogP contribution < -0.4 is 0 Å². The van der Waals surface area contributed by atoms with Gasteiger partial charge in [-0.05, 0) is 43.2 Å². The summed E-state index contributed by atoms with van der Waals surface area (Å²) in [5, 5.41) is 1.28. The van der Waals surface area contributed by atoms with Gasteiger partial charge >= 0.3 is 0 Å². The lowest BCUT2D eigenvalue weighted by atomic mass is 10.1. The Labute approximate surface area is 155 Å². The molecule has 1 aromatic carbocycles. The van der Waals surface area contributed by atoms with E-state index in [-0.39, 0.29) is 0 Å². The molecule has 0 aliphatic rings. The third-order valence-corrected chi connectivity index (χ3v) is 4.19. The van der Waals surface area contributed by atoms with Gasteiger partial charge in [0.1, 0.15) is 5.82 Å². The van der Waals surface area contributed by atoms with E-state index in [1.165, 1.54) is 0 Å². The third-order valence-electron chi connectivity index (χ3n) is 3.33. The molecule has 0 radical (unpaired) electrons. The number of hydrogen-bond donors (Lipinski definition) is 1. The van der Waals surface area contributed by atoms with Gasteiger partial charge in [-0.15, -0.1) is 0 Å². The van der Waals surface area contributed by atoms with Crippen molar-refractivity contribution < 1.29 is 0 Å². The Kier molecular flexibility index (Phi) is 6.28. The first-order valence-electron chi connectivity index (χ1n) is 7.09. The van der Waals surface area contributed by atoms with Gasteiger partial charge in [-0.2, -0.15) is 0 Å². The number of halogens is 3. The van der Waals surface area contributed by atoms with Gasteiger partial charge in [0.05, 0.1) is 5.69 Å². The van der Waals surface area contributed by atoms with Gasteiger partial charge in [-0.1, -0.05) is 63.9 Å². The highest BCUT2D eigenvalue weighted by Crippen LogP contribution is 2.25. The van der Waals surface area contributed by atoms with Crippen LogP contribution in [0.2, 0.25) is 10.0 Å². The predicted octanol–water partition coefficient (Wildman–Crippen LogP) is 6.48. The van der Waals surface area contributed by atoms with E-state index in [1.54, 1.807) is 6.07 Å². The van der Waals surface area contributed by atoms with E-state index >= 15 is 0 Å². The number of allylic oxidation sites excluding steroid dienone is 5. The second kappa shape index (κ2) is 8.00. The van der Waals surface area contributed by atoms with E-state index in [0.717, 1.165) is 32.8 Å². The average molecular weight is 412 g/mol. The maximum absolute atomic E-state index is 6.24. The van der Waals surface area contributed by atoms with E-state index in [0.29, 0.717) is 16.5 Å². The van der Waals surface area contributed by atoms with Gasteiger partial charge < -0.3 is 4.98 Å². The SMILES string of the molecule is C=C(Br)/C=C\C(=C/C)c1nc(Cc2ccc(Cl)cc2Cl)[nH]c1C. The van der Waals surface area contributed by atoms with Gasteiger partial charge in [0.2, 0.25) is 0 Å². The highest BCUT2D eigenvalue weighted by atomic mass is 79.9. The van der Waals surface area contributed by atoms with Gasteiger partial charge in [0, 0.05) is 26.6 Å². The molecular weight excluding hydrogens is 395 g/mol. The van der Waals surface area contributed by atoms with Crippen molar-refractivity contribution in [1.29, 1.82) is 0 Å². The monoisotopic (exact) mass is 410 g/mol. The molecule has 23 heavy (non-hydrogen) atoms. The van der Waals surface area contributed by atoms with E-state index in [2.05, 4.69) is 27.5 Å². The first-order chi connectivity index (χ1) is 10.9. The smallest absolute Gasteiger partial charge is 0.111 e. The summed E-state index contributed by atoms with van der Waals surface area (Å²) in [6, 6.07) is 5.51. The van der Waals surface area contributed by atoms with E-state index < -0.39 is 0 Å². The van der Waals surface area contributed by atoms with Gasteiger partial charge in [-0.25, -0.2) is 4.98 Å². The standard InChI is InChI=1S/C18H17BrCl2N2/c1-4-13(6-5-11(2)19)18-12(3)22-17(23-18)9-14-7-8-15(20)10-16(14)21/h4-8,10H,2,9H2,1,3H3,(H,22,23)/b6-5-,13-4+. The van der Waals surface area contributed by atoms with Gasteiger partial charge in [-0.3, -0.25) is 0 Å². The Morgan fingerprint density at radius 2 is 2.09 bits per heavy atom. The molecule has 0 unspecified atom stereocenters. The molecule has 0 spiro atoms. The Morgan fingerprint density at radius 1 is 1.35 bits per heavy atom. The Hall–Kier alpha value is -1.29. The molecule has 0 saturated heterocycles. The second-order valence-electron chi connectivity index (χ2n) is 5.09. The van der Waals surface area contributed by atoms with Crippen molar-refractivity contribution in [2.24, 2.45) is 0 Å². The summed E-state index contributed by atoms with van der Waals surface area (Å²) in [4.78, 5) is 8.03. The molecule has 0 aliphatic carbocycles. The Morgan fingerprint density at radius 3 is 2.70 bits per heavy atom. The molecule has 1 N–H and O–H groups in total. The molecule has 0 saturated carbocycles. The molecular formula is C18H17BrCl2N2. The minimum atomic E-state index is 0.628. The van der Waals surface area contributed by atoms with E-state index in [9.17, 15) is 0 Å². The number of nitrogens with zero attached hydrogens (tertiary/aromatic N) is 1. The highest BCUT2D eigenvalue weighted by molar-refractivity contribution is 9.11. The van der Waals surface area contributed by atoms with Crippen LogP contribution in [0, 0.1) is 6.92 Å². The summed E-state index contributed by atoms with van der Waals surface area (Å²) < 4.78 is 0.818. The number of nitrogens with one attached hydrogen (secondary N) is 1. The summed E-state index contributed by atoms with van der Waals surface area (Å²) in [5.41, 5.74) is 3.97. The maximum Gasteiger partial charge on any atom is 0.111 e. The van der Waals surface area contributed by atoms with Crippen LogP contribution in [-0.4, -0.2) is 9.97 Å². The quantitative estimate of drug-likeness (QED) is 0.560. The number of aryl methyl sites for hydroxylation is 1. The minimum absolute atomic E-state index is 0.628. The zero-order valence-corrected chi connectivity index (χ0v) is 16.1. The van der Waals surface area contributed by atoms with Gasteiger partial charge in [0.25, 0.3) is 0 Å². The lowest BCUT2D eigenvalue weighted by Crippen LogP contribution is -1.92. The largest absolute Gasteiger partial charge is 0.345 e. The van der Waals surface area contributed by atoms with Crippen molar-refractivity contribution in [3.05, 3.63) is 80.3 Å². The average Bonchev–Trinajstić information content (AvgIpc) is 2.83. The van der Waals surface area contributed by atoms with Crippen LogP contribution in [0.1, 0.15) is 29.7 Å². The normalized spacial score (nSPS) is 12.1. The number of hydrogen-bond acceptors (Lipinski definition) is 1. The Bertz CT molecular complexity index is 788. The molecule has 5 heteroatoms. The van der Waals surface area contributed by atoms with Crippen molar-refractivity contribution >= 4 is 44.7 Å². The number of benzene rings is 1. The molecule has 0 atom stereocenters. The molecule has 2 nitrogen and oxygen atoms in total. The van der Waals surface area contributed by atoms with Crippen molar-refractivity contribution in [2.45, 2.75) is 20.3 Å². The topological polar surface area (TPSA) is 28.7 Å². The van der Waals surface area contributed by atoms with E-state index in [1.807, 2.05) is 44.2 Å². The first kappa shape index (κ1) is 18.1. The molecule has 0 fully saturated rings. The summed E-state index contributed by atoms with van der Waals surface area (Å²) in [6.45, 7) is 7.80. The second-order valence-corrected chi connectivity index (χ2v) is 6.96. The molecule has 120 valence electrons. The minimum Gasteiger partial charge on any atom is -0.345 e. The number of aromatic amines is 1. The summed E-state index contributed by atoms with van der Waals surface area (Å²) in [6.07, 6.45) is 6.54. The lowest BCUT2D eigenvalue weighted by Gasteiger charge is -2.02. The fraction of sp³-hybridized carbons (Fsp3) is 0.167. The number of imidazole rings is 1. The molecule has 2 aromatic rings.